The van der Waals surface area contributed by atoms with Gasteiger partial charge in [-0.25, -0.2) is 4.68 Å². The fourth-order valence-corrected chi connectivity index (χ4v) is 4.84. The van der Waals surface area contributed by atoms with Crippen LogP contribution in [0.15, 0.2) is 90.1 Å². The molecule has 1 N–H and O–H groups in total. The van der Waals surface area contributed by atoms with E-state index in [4.69, 9.17) is 19.6 Å². The number of methoxy groups -OCH3 is 1. The van der Waals surface area contributed by atoms with Gasteiger partial charge in [0.25, 0.3) is 0 Å². The molecule has 0 saturated heterocycles. The van der Waals surface area contributed by atoms with E-state index in [1.54, 1.807) is 7.11 Å². The molecule has 1 unspecified atom stereocenters. The summed E-state index contributed by atoms with van der Waals surface area (Å²) < 4.78 is 13.2. The fraction of sp³-hybridized carbons (Fsp3) is 0.207. The van der Waals surface area contributed by atoms with Crippen molar-refractivity contribution in [1.29, 1.82) is 0 Å². The van der Waals surface area contributed by atoms with Gasteiger partial charge in [-0.15, -0.1) is 5.10 Å². The van der Waals surface area contributed by atoms with E-state index >= 15 is 0 Å². The maximum atomic E-state index is 13.1. The minimum Gasteiger partial charge on any atom is -0.497 e. The highest BCUT2D eigenvalue weighted by Crippen LogP contribution is 2.41. The number of rotatable bonds is 6. The average Bonchev–Trinajstić information content (AvgIpc) is 3.36. The summed E-state index contributed by atoms with van der Waals surface area (Å²) in [5, 5.41) is 8.24. The van der Waals surface area contributed by atoms with Crippen molar-refractivity contribution in [2.24, 2.45) is 0 Å². The number of nitrogens with zero attached hydrogens (tertiary/aromatic N) is 3. The SMILES string of the molecule is COc1cccc(-c2nc3n(n2)C(c2ccc(OCc4ccccc4)cc2)C2=C(CCCC2=O)N3)c1. The van der Waals surface area contributed by atoms with Gasteiger partial charge in [0.2, 0.25) is 5.95 Å². The summed E-state index contributed by atoms with van der Waals surface area (Å²) in [4.78, 5) is 17.9. The molecule has 7 heteroatoms. The Hall–Kier alpha value is -4.39. The van der Waals surface area contributed by atoms with Gasteiger partial charge in [0.05, 0.1) is 7.11 Å². The monoisotopic (exact) mass is 478 g/mol. The molecular weight excluding hydrogens is 452 g/mol. The maximum Gasteiger partial charge on any atom is 0.226 e. The Labute approximate surface area is 209 Å². The lowest BCUT2D eigenvalue weighted by Gasteiger charge is -2.32. The lowest BCUT2D eigenvalue weighted by atomic mass is 9.85. The van der Waals surface area contributed by atoms with Gasteiger partial charge in [-0.05, 0) is 48.2 Å². The summed E-state index contributed by atoms with van der Waals surface area (Å²) in [5.74, 6) is 2.88. The van der Waals surface area contributed by atoms with Crippen LogP contribution in [0.1, 0.15) is 36.4 Å². The quantitative estimate of drug-likeness (QED) is 0.391. The van der Waals surface area contributed by atoms with Crippen LogP contribution in [-0.2, 0) is 11.4 Å². The Bertz CT molecular complexity index is 1440. The molecule has 36 heavy (non-hydrogen) atoms. The van der Waals surface area contributed by atoms with Crippen LogP contribution in [-0.4, -0.2) is 27.7 Å². The number of carbonyl (C=O) groups is 1. The minimum atomic E-state index is -0.348. The number of allylic oxidation sites excluding steroid dienone is 2. The van der Waals surface area contributed by atoms with Crippen molar-refractivity contribution in [2.45, 2.75) is 31.9 Å². The molecule has 0 amide bonds. The zero-order valence-electron chi connectivity index (χ0n) is 20.0. The van der Waals surface area contributed by atoms with Crippen LogP contribution in [0.25, 0.3) is 11.4 Å². The Morgan fingerprint density at radius 3 is 2.61 bits per heavy atom. The second-order valence-electron chi connectivity index (χ2n) is 8.98. The van der Waals surface area contributed by atoms with Gasteiger partial charge in [-0.3, -0.25) is 4.79 Å². The van der Waals surface area contributed by atoms with Gasteiger partial charge >= 0.3 is 0 Å². The molecule has 1 aromatic heterocycles. The van der Waals surface area contributed by atoms with Crippen molar-refractivity contribution in [3.8, 4) is 22.9 Å². The van der Waals surface area contributed by atoms with E-state index in [0.717, 1.165) is 52.3 Å². The predicted octanol–water partition coefficient (Wildman–Crippen LogP) is 5.55. The van der Waals surface area contributed by atoms with E-state index in [9.17, 15) is 4.79 Å². The number of Topliss-reactive ketones (excluding diaryl/α,β-unsaturated/α-hetero) is 1. The van der Waals surface area contributed by atoms with Crippen LogP contribution in [0.5, 0.6) is 11.5 Å². The van der Waals surface area contributed by atoms with Crippen LogP contribution in [0.2, 0.25) is 0 Å². The molecule has 1 atom stereocenters. The van der Waals surface area contributed by atoms with Crippen LogP contribution in [0.4, 0.5) is 5.95 Å². The normalized spacial score (nSPS) is 16.7. The van der Waals surface area contributed by atoms with E-state index in [-0.39, 0.29) is 11.8 Å². The molecule has 180 valence electrons. The van der Waals surface area contributed by atoms with Crippen molar-refractivity contribution in [2.75, 3.05) is 12.4 Å². The molecule has 2 aliphatic rings. The van der Waals surface area contributed by atoms with Crippen molar-refractivity contribution in [3.05, 3.63) is 101 Å². The van der Waals surface area contributed by atoms with Crippen LogP contribution in [0.3, 0.4) is 0 Å². The van der Waals surface area contributed by atoms with E-state index in [0.29, 0.717) is 24.8 Å². The van der Waals surface area contributed by atoms with Gasteiger partial charge in [0.15, 0.2) is 11.6 Å². The number of fused-ring (bicyclic) bond motifs is 1. The fourth-order valence-electron chi connectivity index (χ4n) is 4.84. The molecule has 3 aromatic carbocycles. The highest BCUT2D eigenvalue weighted by atomic mass is 16.5. The number of hydrogen-bond acceptors (Lipinski definition) is 6. The van der Waals surface area contributed by atoms with Crippen molar-refractivity contribution >= 4 is 11.7 Å². The van der Waals surface area contributed by atoms with Crippen molar-refractivity contribution < 1.29 is 14.3 Å². The minimum absolute atomic E-state index is 0.155. The summed E-state index contributed by atoms with van der Waals surface area (Å²) in [5.41, 5.74) is 4.65. The lowest BCUT2D eigenvalue weighted by Crippen LogP contribution is -2.31. The van der Waals surface area contributed by atoms with Gasteiger partial charge in [-0.1, -0.05) is 54.6 Å². The molecule has 2 heterocycles. The highest BCUT2D eigenvalue weighted by molar-refractivity contribution is 5.99. The van der Waals surface area contributed by atoms with Crippen molar-refractivity contribution in [3.63, 3.8) is 0 Å². The number of nitrogens with one attached hydrogen (secondary N) is 1. The maximum absolute atomic E-state index is 13.1. The van der Waals surface area contributed by atoms with Crippen LogP contribution in [0, 0.1) is 0 Å². The number of hydrogen-bond donors (Lipinski definition) is 1. The smallest absolute Gasteiger partial charge is 0.226 e. The molecule has 0 saturated carbocycles. The molecule has 1 aliphatic carbocycles. The standard InChI is InChI=1S/C29H26N4O3/c1-35-23-10-5-9-21(17-23)28-31-29-30-24-11-6-12-25(34)26(24)27(33(29)32-28)20-13-15-22(16-14-20)36-18-19-7-3-2-4-8-19/h2-5,7-10,13-17,27H,6,11-12,18H2,1H3,(H,30,31,32). The van der Waals surface area contributed by atoms with E-state index in [2.05, 4.69) is 5.32 Å². The topological polar surface area (TPSA) is 78.3 Å². The summed E-state index contributed by atoms with van der Waals surface area (Å²) in [6.07, 6.45) is 2.19. The predicted molar refractivity (Wildman–Crippen MR) is 137 cm³/mol. The first-order valence-corrected chi connectivity index (χ1v) is 12.1. The molecule has 0 radical (unpaired) electrons. The summed E-state index contributed by atoms with van der Waals surface area (Å²) >= 11 is 0. The Balaban J connectivity index is 1.35. The van der Waals surface area contributed by atoms with Gasteiger partial charge < -0.3 is 14.8 Å². The Morgan fingerprint density at radius 1 is 0.972 bits per heavy atom. The molecule has 6 rings (SSSR count). The van der Waals surface area contributed by atoms with Gasteiger partial charge in [0.1, 0.15) is 24.1 Å². The average molecular weight is 479 g/mol. The molecule has 0 fully saturated rings. The number of benzene rings is 3. The molecule has 0 bridgehead atoms. The van der Waals surface area contributed by atoms with E-state index < -0.39 is 0 Å². The third kappa shape index (κ3) is 4.13. The number of carbonyl (C=O) groups excluding carboxylic acids is 1. The van der Waals surface area contributed by atoms with Gasteiger partial charge in [0, 0.05) is 23.3 Å². The third-order valence-electron chi connectivity index (χ3n) is 6.64. The summed E-state index contributed by atoms with van der Waals surface area (Å²) in [7, 11) is 1.64. The van der Waals surface area contributed by atoms with Crippen molar-refractivity contribution in [1.82, 2.24) is 14.8 Å². The number of ether oxygens (including phenoxy) is 2. The number of ketones is 1. The first-order chi connectivity index (χ1) is 17.7. The Kier molecular flexibility index (Phi) is 5.73. The zero-order chi connectivity index (χ0) is 24.5. The molecule has 4 aromatic rings. The van der Waals surface area contributed by atoms with Crippen LogP contribution >= 0.6 is 0 Å². The molecule has 0 spiro atoms. The Morgan fingerprint density at radius 2 is 1.81 bits per heavy atom. The first kappa shape index (κ1) is 22.1. The van der Waals surface area contributed by atoms with E-state index in [1.165, 1.54) is 0 Å². The second kappa shape index (κ2) is 9.34. The lowest BCUT2D eigenvalue weighted by molar-refractivity contribution is -0.116. The number of anilines is 1. The van der Waals surface area contributed by atoms with Crippen LogP contribution < -0.4 is 14.8 Å². The number of aromatic nitrogens is 3. The first-order valence-electron chi connectivity index (χ1n) is 12.1. The molecule has 7 nitrogen and oxygen atoms in total. The summed E-state index contributed by atoms with van der Waals surface area (Å²) in [6, 6.07) is 25.3. The highest BCUT2D eigenvalue weighted by Gasteiger charge is 2.37. The zero-order valence-corrected chi connectivity index (χ0v) is 20.0. The molecular formula is C29H26N4O3. The largest absolute Gasteiger partial charge is 0.497 e. The van der Waals surface area contributed by atoms with Gasteiger partial charge in [-0.2, -0.15) is 4.98 Å². The van der Waals surface area contributed by atoms with E-state index in [1.807, 2.05) is 83.5 Å². The molecule has 1 aliphatic heterocycles. The second-order valence-corrected chi connectivity index (χ2v) is 8.98. The summed E-state index contributed by atoms with van der Waals surface area (Å²) in [6.45, 7) is 0.498. The third-order valence-corrected chi connectivity index (χ3v) is 6.64.